The van der Waals surface area contributed by atoms with Crippen molar-refractivity contribution in [1.82, 2.24) is 5.32 Å². The van der Waals surface area contributed by atoms with Crippen molar-refractivity contribution in [3.05, 3.63) is 12.0 Å². The molecule has 96 valence electrons. The number of ether oxygens (including phenoxy) is 1. The summed E-state index contributed by atoms with van der Waals surface area (Å²) < 4.78 is 5.10. The molecule has 0 fully saturated rings. The van der Waals surface area contributed by atoms with Gasteiger partial charge in [0.2, 0.25) is 0 Å². The van der Waals surface area contributed by atoms with Gasteiger partial charge in [-0.05, 0) is 5.41 Å². The van der Waals surface area contributed by atoms with Gasteiger partial charge in [-0.3, -0.25) is 4.99 Å². The summed E-state index contributed by atoms with van der Waals surface area (Å²) in [6, 6.07) is -0.242. The Morgan fingerprint density at radius 3 is 2.82 bits per heavy atom. The number of nitrogens with two attached hydrogens (primary N) is 1. The van der Waals surface area contributed by atoms with Crippen molar-refractivity contribution in [2.45, 2.75) is 33.2 Å². The fourth-order valence-electron chi connectivity index (χ4n) is 1.43. The van der Waals surface area contributed by atoms with Crippen molar-refractivity contribution >= 4 is 11.4 Å². The summed E-state index contributed by atoms with van der Waals surface area (Å²) in [5.41, 5.74) is 7.35. The van der Waals surface area contributed by atoms with E-state index in [1.807, 2.05) is 20.8 Å². The zero-order valence-electron chi connectivity index (χ0n) is 11.0. The molecule has 1 unspecified atom stereocenters. The highest BCUT2D eigenvalue weighted by Gasteiger charge is 2.22. The molecule has 0 aliphatic carbocycles. The fourth-order valence-corrected chi connectivity index (χ4v) is 1.43. The van der Waals surface area contributed by atoms with Gasteiger partial charge in [-0.1, -0.05) is 20.8 Å². The summed E-state index contributed by atoms with van der Waals surface area (Å²) in [4.78, 5) is 4.29. The normalized spacial score (nSPS) is 17.7. The third-order valence-corrected chi connectivity index (χ3v) is 2.72. The van der Waals surface area contributed by atoms with Crippen LogP contribution in [0.5, 0.6) is 0 Å². The van der Waals surface area contributed by atoms with Gasteiger partial charge < -0.3 is 21.2 Å². The van der Waals surface area contributed by atoms with Crippen LogP contribution in [0.3, 0.4) is 0 Å². The molecule has 0 bridgehead atoms. The van der Waals surface area contributed by atoms with Crippen LogP contribution in [0.2, 0.25) is 0 Å². The van der Waals surface area contributed by atoms with Gasteiger partial charge in [0.15, 0.2) is 5.88 Å². The van der Waals surface area contributed by atoms with Crippen molar-refractivity contribution < 1.29 is 4.74 Å². The molecule has 0 saturated heterocycles. The van der Waals surface area contributed by atoms with Gasteiger partial charge in [-0.15, -0.1) is 0 Å². The summed E-state index contributed by atoms with van der Waals surface area (Å²) >= 11 is 0. The lowest BCUT2D eigenvalue weighted by Crippen LogP contribution is -2.38. The minimum Gasteiger partial charge on any atom is -0.482 e. The van der Waals surface area contributed by atoms with Gasteiger partial charge in [-0.25, -0.2) is 0 Å². The minimum atomic E-state index is -0.242. The zero-order chi connectivity index (χ0) is 13.1. The standard InChI is InChI=1S/C12H22N4O/c1-12(2,3)10(14)5-8(13)9-6-11(17-4)16-7-15-9/h6,8,14,16H,5,7,13H2,1-4H3. The molecule has 1 atom stereocenters. The molecule has 1 aliphatic rings. The Balaban J connectivity index is 2.66. The van der Waals surface area contributed by atoms with Crippen molar-refractivity contribution in [2.24, 2.45) is 16.1 Å². The number of hydrogen-bond donors (Lipinski definition) is 3. The second-order valence-electron chi connectivity index (χ2n) is 5.17. The van der Waals surface area contributed by atoms with Crippen molar-refractivity contribution in [1.29, 1.82) is 5.41 Å². The molecule has 1 heterocycles. The van der Waals surface area contributed by atoms with Crippen LogP contribution in [0, 0.1) is 10.8 Å². The van der Waals surface area contributed by atoms with Gasteiger partial charge in [0.1, 0.15) is 6.67 Å². The van der Waals surface area contributed by atoms with Gasteiger partial charge in [0.05, 0.1) is 18.9 Å². The molecule has 17 heavy (non-hydrogen) atoms. The highest BCUT2D eigenvalue weighted by atomic mass is 16.5. The van der Waals surface area contributed by atoms with E-state index in [0.29, 0.717) is 24.7 Å². The maximum Gasteiger partial charge on any atom is 0.189 e. The van der Waals surface area contributed by atoms with Crippen LogP contribution in [0.25, 0.3) is 0 Å². The van der Waals surface area contributed by atoms with Crippen LogP contribution in [-0.2, 0) is 4.74 Å². The molecular weight excluding hydrogens is 216 g/mol. The summed E-state index contributed by atoms with van der Waals surface area (Å²) in [5.74, 6) is 0.674. The molecule has 1 aliphatic heterocycles. The average molecular weight is 238 g/mol. The first-order valence-electron chi connectivity index (χ1n) is 5.72. The lowest BCUT2D eigenvalue weighted by Gasteiger charge is -2.24. The van der Waals surface area contributed by atoms with E-state index in [0.717, 1.165) is 5.71 Å². The maximum atomic E-state index is 7.98. The maximum absolute atomic E-state index is 7.98. The molecule has 0 aromatic carbocycles. The summed E-state index contributed by atoms with van der Waals surface area (Å²) in [6.07, 6.45) is 2.32. The second kappa shape index (κ2) is 5.31. The third kappa shape index (κ3) is 3.85. The molecule has 0 spiro atoms. The molecule has 1 rings (SSSR count). The fraction of sp³-hybridized carbons (Fsp3) is 0.667. The average Bonchev–Trinajstić information content (AvgIpc) is 2.27. The summed E-state index contributed by atoms with van der Waals surface area (Å²) in [6.45, 7) is 6.53. The Kier molecular flexibility index (Phi) is 4.28. The van der Waals surface area contributed by atoms with E-state index in [1.165, 1.54) is 0 Å². The monoisotopic (exact) mass is 238 g/mol. The lowest BCUT2D eigenvalue weighted by molar-refractivity contribution is 0.261. The summed E-state index contributed by atoms with van der Waals surface area (Å²) in [5, 5.41) is 11.0. The van der Waals surface area contributed by atoms with Gasteiger partial charge >= 0.3 is 0 Å². The van der Waals surface area contributed by atoms with Gasteiger partial charge in [0, 0.05) is 18.2 Å². The molecule has 0 aromatic heterocycles. The van der Waals surface area contributed by atoms with E-state index in [9.17, 15) is 0 Å². The first-order chi connectivity index (χ1) is 7.84. The number of rotatable bonds is 4. The zero-order valence-corrected chi connectivity index (χ0v) is 11.0. The lowest BCUT2D eigenvalue weighted by atomic mass is 9.85. The Hall–Kier alpha value is -1.36. The Bertz CT molecular complexity index is 352. The molecule has 0 aromatic rings. The molecule has 0 saturated carbocycles. The van der Waals surface area contributed by atoms with E-state index < -0.39 is 0 Å². The van der Waals surface area contributed by atoms with Crippen molar-refractivity contribution in [3.63, 3.8) is 0 Å². The first kappa shape index (κ1) is 13.7. The predicted octanol–water partition coefficient (Wildman–Crippen LogP) is 1.26. The Labute approximate surface area is 103 Å². The van der Waals surface area contributed by atoms with Crippen molar-refractivity contribution in [2.75, 3.05) is 13.8 Å². The molecule has 0 radical (unpaired) electrons. The molecule has 5 heteroatoms. The predicted molar refractivity (Wildman–Crippen MR) is 70.3 cm³/mol. The third-order valence-electron chi connectivity index (χ3n) is 2.72. The smallest absolute Gasteiger partial charge is 0.189 e. The Morgan fingerprint density at radius 1 is 1.65 bits per heavy atom. The molecule has 0 amide bonds. The van der Waals surface area contributed by atoms with E-state index >= 15 is 0 Å². The highest BCUT2D eigenvalue weighted by Crippen LogP contribution is 2.18. The van der Waals surface area contributed by atoms with Crippen LogP contribution in [0.4, 0.5) is 0 Å². The van der Waals surface area contributed by atoms with E-state index in [1.54, 1.807) is 13.2 Å². The summed E-state index contributed by atoms with van der Waals surface area (Å²) in [7, 11) is 1.60. The quantitative estimate of drug-likeness (QED) is 0.645. The highest BCUT2D eigenvalue weighted by molar-refractivity contribution is 6.03. The largest absolute Gasteiger partial charge is 0.482 e. The van der Waals surface area contributed by atoms with Crippen LogP contribution < -0.4 is 11.1 Å². The number of aliphatic imine (C=N–C) groups is 1. The Morgan fingerprint density at radius 2 is 2.29 bits per heavy atom. The molecule has 5 nitrogen and oxygen atoms in total. The minimum absolute atomic E-state index is 0.140. The van der Waals surface area contributed by atoms with E-state index in [2.05, 4.69) is 10.3 Å². The first-order valence-corrected chi connectivity index (χ1v) is 5.72. The van der Waals surface area contributed by atoms with Crippen LogP contribution in [0.15, 0.2) is 17.0 Å². The molecular formula is C12H22N4O. The van der Waals surface area contributed by atoms with E-state index in [4.69, 9.17) is 15.9 Å². The van der Waals surface area contributed by atoms with Crippen LogP contribution >= 0.6 is 0 Å². The van der Waals surface area contributed by atoms with Gasteiger partial charge in [-0.2, -0.15) is 0 Å². The topological polar surface area (TPSA) is 83.5 Å². The number of nitrogens with zero attached hydrogens (tertiary/aromatic N) is 1. The van der Waals surface area contributed by atoms with Crippen LogP contribution in [-0.4, -0.2) is 31.2 Å². The van der Waals surface area contributed by atoms with Gasteiger partial charge in [0.25, 0.3) is 0 Å². The number of hydrogen-bond acceptors (Lipinski definition) is 5. The van der Waals surface area contributed by atoms with E-state index in [-0.39, 0.29) is 11.5 Å². The molecule has 4 N–H and O–H groups in total. The van der Waals surface area contributed by atoms with Crippen LogP contribution in [0.1, 0.15) is 27.2 Å². The SMILES string of the molecule is COC1=CC(C(N)CC(=N)C(C)(C)C)=NCN1. The van der Waals surface area contributed by atoms with Crippen molar-refractivity contribution in [3.8, 4) is 0 Å². The number of nitrogens with one attached hydrogen (secondary N) is 2. The second-order valence-corrected chi connectivity index (χ2v) is 5.17. The number of methoxy groups -OCH3 is 1.